The molecule has 2 rings (SSSR count). The van der Waals surface area contributed by atoms with Gasteiger partial charge in [0, 0.05) is 12.3 Å². The lowest BCUT2D eigenvalue weighted by atomic mass is 9.61. The van der Waals surface area contributed by atoms with E-state index in [1.165, 1.54) is 6.92 Å². The lowest BCUT2D eigenvalue weighted by molar-refractivity contribution is -0.176. The first-order valence-corrected chi connectivity index (χ1v) is 10.9. The third-order valence-electron chi connectivity index (χ3n) is 5.64. The first-order valence-electron chi connectivity index (χ1n) is 10.9. The van der Waals surface area contributed by atoms with E-state index in [2.05, 4.69) is 20.8 Å². The average Bonchev–Trinajstić information content (AvgIpc) is 2.57. The molecule has 172 valence electrons. The van der Waals surface area contributed by atoms with E-state index in [4.69, 9.17) is 9.47 Å². The lowest BCUT2D eigenvalue weighted by Crippen LogP contribution is -2.55. The quantitative estimate of drug-likeness (QED) is 0.560. The van der Waals surface area contributed by atoms with Crippen LogP contribution in [0.15, 0.2) is 24.3 Å². The second kappa shape index (κ2) is 9.11. The van der Waals surface area contributed by atoms with Crippen molar-refractivity contribution in [3.63, 3.8) is 0 Å². The molecule has 1 aliphatic rings. The first kappa shape index (κ1) is 25.1. The second-order valence-electron chi connectivity index (χ2n) is 10.3. The summed E-state index contributed by atoms with van der Waals surface area (Å²) in [4.78, 5) is 39.1. The fraction of sp³-hybridized carbons (Fsp3) is 0.640. The number of carbonyl (C=O) groups is 3. The molecule has 0 spiro atoms. The van der Waals surface area contributed by atoms with E-state index < -0.39 is 53.3 Å². The van der Waals surface area contributed by atoms with Gasteiger partial charge < -0.3 is 14.6 Å². The topological polar surface area (TPSA) is 89.9 Å². The number of aliphatic hydroxyl groups is 1. The third-order valence-corrected chi connectivity index (χ3v) is 5.64. The molecule has 31 heavy (non-hydrogen) atoms. The average molecular weight is 433 g/mol. The van der Waals surface area contributed by atoms with Gasteiger partial charge in [0.05, 0.1) is 23.7 Å². The Labute approximate surface area is 185 Å². The van der Waals surface area contributed by atoms with E-state index in [9.17, 15) is 19.5 Å². The maximum absolute atomic E-state index is 13.1. The summed E-state index contributed by atoms with van der Waals surface area (Å²) in [5.74, 6) is -4.90. The van der Waals surface area contributed by atoms with E-state index in [-0.39, 0.29) is 11.8 Å². The largest absolute Gasteiger partial charge is 0.463 e. The fourth-order valence-corrected chi connectivity index (χ4v) is 4.23. The number of hydrogen-bond acceptors (Lipinski definition) is 6. The molecule has 1 aromatic rings. The molecular formula is C25H36O6. The molecule has 0 amide bonds. The predicted molar refractivity (Wildman–Crippen MR) is 118 cm³/mol. The standard InChI is InChI=1S/C25H36O6/c1-14(2)30-22(27)20-18(26)13-25(8,29)21(23(28)31-15(3)4)19(20)16-9-11-17(12-10-16)24(5,6)7/h9-12,14-15,19-21,29H,13H2,1-8H3/t19-,20+,21-,25+/m1/s1. The number of rotatable bonds is 5. The van der Waals surface area contributed by atoms with Gasteiger partial charge in [-0.25, -0.2) is 0 Å². The molecule has 0 heterocycles. The van der Waals surface area contributed by atoms with Crippen LogP contribution in [0.4, 0.5) is 0 Å². The van der Waals surface area contributed by atoms with Gasteiger partial charge in [-0.2, -0.15) is 0 Å². The molecule has 1 N–H and O–H groups in total. The molecule has 0 unspecified atom stereocenters. The van der Waals surface area contributed by atoms with Crippen molar-refractivity contribution in [2.24, 2.45) is 11.8 Å². The van der Waals surface area contributed by atoms with Crippen molar-refractivity contribution < 1.29 is 29.0 Å². The van der Waals surface area contributed by atoms with Crippen LogP contribution in [0.5, 0.6) is 0 Å². The lowest BCUT2D eigenvalue weighted by Gasteiger charge is -2.44. The monoisotopic (exact) mass is 432 g/mol. The highest BCUT2D eigenvalue weighted by Gasteiger charge is 2.57. The Morgan fingerprint density at radius 1 is 1.00 bits per heavy atom. The van der Waals surface area contributed by atoms with Crippen molar-refractivity contribution in [1.82, 2.24) is 0 Å². The van der Waals surface area contributed by atoms with Gasteiger partial charge >= 0.3 is 11.9 Å². The molecule has 0 bridgehead atoms. The number of esters is 2. The van der Waals surface area contributed by atoms with Crippen LogP contribution in [0.3, 0.4) is 0 Å². The minimum atomic E-state index is -1.65. The minimum absolute atomic E-state index is 0.0850. The van der Waals surface area contributed by atoms with Crippen molar-refractivity contribution in [3.8, 4) is 0 Å². The molecule has 0 radical (unpaired) electrons. The van der Waals surface area contributed by atoms with Gasteiger partial charge in [-0.3, -0.25) is 14.4 Å². The Hall–Kier alpha value is -2.21. The number of carbonyl (C=O) groups excluding carboxylic acids is 3. The Morgan fingerprint density at radius 3 is 1.94 bits per heavy atom. The molecule has 6 nitrogen and oxygen atoms in total. The zero-order valence-electron chi connectivity index (χ0n) is 19.9. The summed E-state index contributed by atoms with van der Waals surface area (Å²) in [6.45, 7) is 14.6. The highest BCUT2D eigenvalue weighted by molar-refractivity contribution is 6.02. The Bertz CT molecular complexity index is 805. The summed E-state index contributed by atoms with van der Waals surface area (Å²) >= 11 is 0. The molecule has 1 saturated carbocycles. The molecule has 1 aromatic carbocycles. The highest BCUT2D eigenvalue weighted by Crippen LogP contribution is 2.47. The molecule has 1 fully saturated rings. The summed E-state index contributed by atoms with van der Waals surface area (Å²) in [5, 5.41) is 11.1. The Kier molecular flexibility index (Phi) is 7.36. The minimum Gasteiger partial charge on any atom is -0.463 e. The van der Waals surface area contributed by atoms with Gasteiger partial charge in [-0.1, -0.05) is 45.0 Å². The van der Waals surface area contributed by atoms with E-state index >= 15 is 0 Å². The normalized spacial score (nSPS) is 26.8. The Morgan fingerprint density at radius 2 is 1.48 bits per heavy atom. The molecule has 1 aliphatic carbocycles. The summed E-state index contributed by atoms with van der Waals surface area (Å²) < 4.78 is 10.8. The first-order chi connectivity index (χ1) is 14.1. The zero-order chi connectivity index (χ0) is 23.7. The number of hydrogen-bond donors (Lipinski definition) is 1. The summed E-state index contributed by atoms with van der Waals surface area (Å²) in [7, 11) is 0. The van der Waals surface area contributed by atoms with Crippen molar-refractivity contribution in [3.05, 3.63) is 35.4 Å². The van der Waals surface area contributed by atoms with Gasteiger partial charge in [-0.15, -0.1) is 0 Å². The van der Waals surface area contributed by atoms with Gasteiger partial charge in [0.25, 0.3) is 0 Å². The Balaban J connectivity index is 2.63. The van der Waals surface area contributed by atoms with Crippen LogP contribution in [0, 0.1) is 11.8 Å². The smallest absolute Gasteiger partial charge is 0.317 e. The van der Waals surface area contributed by atoms with Crippen LogP contribution in [0.1, 0.15) is 78.9 Å². The molecule has 0 aromatic heterocycles. The third kappa shape index (κ3) is 5.73. The molecule has 6 heteroatoms. The van der Waals surface area contributed by atoms with Gasteiger partial charge in [0.1, 0.15) is 5.92 Å². The van der Waals surface area contributed by atoms with E-state index in [0.29, 0.717) is 5.56 Å². The van der Waals surface area contributed by atoms with Gasteiger partial charge in [-0.05, 0) is 51.2 Å². The van der Waals surface area contributed by atoms with Crippen molar-refractivity contribution in [2.45, 2.75) is 91.0 Å². The van der Waals surface area contributed by atoms with Crippen molar-refractivity contribution in [1.29, 1.82) is 0 Å². The summed E-state index contributed by atoms with van der Waals surface area (Å²) in [5.41, 5.74) is -0.0332. The number of ketones is 1. The van der Waals surface area contributed by atoms with E-state index in [0.717, 1.165) is 5.56 Å². The summed E-state index contributed by atoms with van der Waals surface area (Å²) in [6.07, 6.45) is -1.13. The van der Waals surface area contributed by atoms with Crippen LogP contribution >= 0.6 is 0 Å². The summed E-state index contributed by atoms with van der Waals surface area (Å²) in [6, 6.07) is 7.51. The van der Waals surface area contributed by atoms with Crippen LogP contribution in [-0.2, 0) is 29.3 Å². The predicted octanol–water partition coefficient (Wildman–Crippen LogP) is 3.93. The highest BCUT2D eigenvalue weighted by atomic mass is 16.5. The van der Waals surface area contributed by atoms with Crippen LogP contribution in [-0.4, -0.2) is 40.6 Å². The zero-order valence-corrected chi connectivity index (χ0v) is 19.9. The van der Waals surface area contributed by atoms with Crippen molar-refractivity contribution >= 4 is 17.7 Å². The number of benzene rings is 1. The number of Topliss-reactive ketones (excluding diaryl/α,β-unsaturated/α-hetero) is 1. The molecule has 0 aliphatic heterocycles. The van der Waals surface area contributed by atoms with Gasteiger partial charge in [0.2, 0.25) is 0 Å². The van der Waals surface area contributed by atoms with Crippen LogP contribution in [0.25, 0.3) is 0 Å². The van der Waals surface area contributed by atoms with Crippen LogP contribution in [0.2, 0.25) is 0 Å². The fourth-order valence-electron chi connectivity index (χ4n) is 4.23. The molecule has 4 atom stereocenters. The van der Waals surface area contributed by atoms with Crippen LogP contribution < -0.4 is 0 Å². The van der Waals surface area contributed by atoms with Crippen molar-refractivity contribution in [2.75, 3.05) is 0 Å². The second-order valence-corrected chi connectivity index (χ2v) is 10.3. The molecular weight excluding hydrogens is 396 g/mol. The maximum Gasteiger partial charge on any atom is 0.317 e. The molecule has 0 saturated heterocycles. The van der Waals surface area contributed by atoms with E-state index in [1.807, 2.05) is 24.3 Å². The van der Waals surface area contributed by atoms with E-state index in [1.54, 1.807) is 27.7 Å². The van der Waals surface area contributed by atoms with Gasteiger partial charge in [0.15, 0.2) is 5.78 Å². The maximum atomic E-state index is 13.1. The SMILES string of the molecule is CC(C)OC(=O)[C@H]1C(=O)C[C@](C)(O)[C@@H](C(=O)OC(C)C)[C@@H]1c1ccc(C(C)(C)C)cc1. The number of ether oxygens (including phenoxy) is 2.